The van der Waals surface area contributed by atoms with Crippen molar-refractivity contribution in [2.24, 2.45) is 23.2 Å². The number of hydrogen-bond acceptors (Lipinski definition) is 1. The molecule has 3 rings (SSSR count). The van der Waals surface area contributed by atoms with E-state index in [1.54, 1.807) is 0 Å². The first-order valence-electron chi connectivity index (χ1n) is 6.56. The molecule has 1 amide bonds. The predicted octanol–water partition coefficient (Wildman–Crippen LogP) is 2.71. The standard InChI is InChI=1S/C13H20BrNO/c14-4-3-13(1-2-13)8-15-12(16)11-6-9-5-10(9)7-11/h9-11H,1-8H2,(H,15,16). The van der Waals surface area contributed by atoms with E-state index in [4.69, 9.17) is 0 Å². The molecular formula is C13H20BrNO. The molecule has 0 aromatic carbocycles. The van der Waals surface area contributed by atoms with E-state index in [1.165, 1.54) is 38.5 Å². The number of fused-ring (bicyclic) bond motifs is 1. The van der Waals surface area contributed by atoms with Gasteiger partial charge in [-0.1, -0.05) is 15.9 Å². The lowest BCUT2D eigenvalue weighted by molar-refractivity contribution is -0.125. The molecule has 3 heteroatoms. The highest BCUT2D eigenvalue weighted by Crippen LogP contribution is 2.54. The van der Waals surface area contributed by atoms with E-state index in [0.717, 1.165) is 23.7 Å². The van der Waals surface area contributed by atoms with Gasteiger partial charge in [0, 0.05) is 17.8 Å². The monoisotopic (exact) mass is 285 g/mol. The maximum Gasteiger partial charge on any atom is 0.223 e. The molecule has 0 saturated heterocycles. The second-order valence-corrected chi connectivity index (χ2v) is 6.87. The maximum atomic E-state index is 12.0. The Morgan fingerprint density at radius 2 is 1.94 bits per heavy atom. The van der Waals surface area contributed by atoms with Crippen molar-refractivity contribution in [1.82, 2.24) is 5.32 Å². The molecule has 0 bridgehead atoms. The number of amides is 1. The van der Waals surface area contributed by atoms with Gasteiger partial charge in [-0.2, -0.15) is 0 Å². The molecule has 16 heavy (non-hydrogen) atoms. The number of carbonyl (C=O) groups excluding carboxylic acids is 1. The molecule has 2 unspecified atom stereocenters. The van der Waals surface area contributed by atoms with Crippen LogP contribution in [0.4, 0.5) is 0 Å². The zero-order valence-electron chi connectivity index (χ0n) is 9.68. The molecule has 90 valence electrons. The number of alkyl halides is 1. The van der Waals surface area contributed by atoms with Crippen LogP contribution in [0.2, 0.25) is 0 Å². The van der Waals surface area contributed by atoms with Gasteiger partial charge < -0.3 is 5.32 Å². The van der Waals surface area contributed by atoms with Crippen LogP contribution < -0.4 is 5.32 Å². The normalized spacial score (nSPS) is 37.9. The third kappa shape index (κ3) is 2.15. The molecule has 0 aliphatic heterocycles. The number of nitrogens with one attached hydrogen (secondary N) is 1. The lowest BCUT2D eigenvalue weighted by Crippen LogP contribution is -2.34. The van der Waals surface area contributed by atoms with Crippen molar-refractivity contribution in [2.75, 3.05) is 11.9 Å². The van der Waals surface area contributed by atoms with Crippen molar-refractivity contribution in [3.05, 3.63) is 0 Å². The Morgan fingerprint density at radius 3 is 2.50 bits per heavy atom. The Labute approximate surface area is 106 Å². The highest BCUT2D eigenvalue weighted by molar-refractivity contribution is 9.09. The lowest BCUT2D eigenvalue weighted by atomic mass is 10.0. The van der Waals surface area contributed by atoms with Crippen molar-refractivity contribution < 1.29 is 4.79 Å². The third-order valence-corrected chi connectivity index (χ3v) is 5.23. The summed E-state index contributed by atoms with van der Waals surface area (Å²) in [6, 6.07) is 0. The minimum atomic E-state index is 0.341. The summed E-state index contributed by atoms with van der Waals surface area (Å²) in [7, 11) is 0. The molecule has 3 aliphatic rings. The summed E-state index contributed by atoms with van der Waals surface area (Å²) in [5, 5.41) is 4.26. The molecule has 1 N–H and O–H groups in total. The van der Waals surface area contributed by atoms with Crippen molar-refractivity contribution in [3.8, 4) is 0 Å². The Balaban J connectivity index is 1.43. The first-order chi connectivity index (χ1) is 7.72. The first-order valence-corrected chi connectivity index (χ1v) is 7.68. The molecule has 0 radical (unpaired) electrons. The van der Waals surface area contributed by atoms with Crippen LogP contribution in [0.25, 0.3) is 0 Å². The minimum Gasteiger partial charge on any atom is -0.355 e. The van der Waals surface area contributed by atoms with Crippen LogP contribution in [0.15, 0.2) is 0 Å². The van der Waals surface area contributed by atoms with Gasteiger partial charge in [-0.05, 0) is 55.8 Å². The van der Waals surface area contributed by atoms with Crippen LogP contribution in [0.5, 0.6) is 0 Å². The zero-order chi connectivity index (χ0) is 11.2. The van der Waals surface area contributed by atoms with Crippen LogP contribution in [0, 0.1) is 23.2 Å². The summed E-state index contributed by atoms with van der Waals surface area (Å²) in [4.78, 5) is 12.0. The summed E-state index contributed by atoms with van der Waals surface area (Å²) in [6.07, 6.45) is 7.55. The van der Waals surface area contributed by atoms with Crippen LogP contribution in [0.1, 0.15) is 38.5 Å². The average Bonchev–Trinajstić information content (AvgIpc) is 3.18. The molecule has 3 aliphatic carbocycles. The van der Waals surface area contributed by atoms with Gasteiger partial charge in [0.05, 0.1) is 0 Å². The summed E-state index contributed by atoms with van der Waals surface area (Å²) < 4.78 is 0. The second-order valence-electron chi connectivity index (χ2n) is 6.08. The molecule has 2 atom stereocenters. The number of hydrogen-bond donors (Lipinski definition) is 1. The van der Waals surface area contributed by atoms with Gasteiger partial charge >= 0.3 is 0 Å². The SMILES string of the molecule is O=C(NCC1(CCBr)CC1)C1CC2CC2C1. The van der Waals surface area contributed by atoms with Gasteiger partial charge in [-0.25, -0.2) is 0 Å². The largest absolute Gasteiger partial charge is 0.355 e. The summed E-state index contributed by atoms with van der Waals surface area (Å²) in [6.45, 7) is 0.920. The zero-order valence-corrected chi connectivity index (χ0v) is 11.3. The van der Waals surface area contributed by atoms with Gasteiger partial charge in [0.1, 0.15) is 0 Å². The molecule has 0 heterocycles. The fraction of sp³-hybridized carbons (Fsp3) is 0.923. The minimum absolute atomic E-state index is 0.341. The van der Waals surface area contributed by atoms with Crippen molar-refractivity contribution in [2.45, 2.75) is 38.5 Å². The highest BCUT2D eigenvalue weighted by Gasteiger charge is 2.48. The van der Waals surface area contributed by atoms with Crippen molar-refractivity contribution in [3.63, 3.8) is 0 Å². The highest BCUT2D eigenvalue weighted by atomic mass is 79.9. The molecule has 3 saturated carbocycles. The molecule has 0 spiro atoms. The second kappa shape index (κ2) is 4.01. The van der Waals surface area contributed by atoms with Gasteiger partial charge in [-0.3, -0.25) is 4.79 Å². The third-order valence-electron chi connectivity index (χ3n) is 4.83. The quantitative estimate of drug-likeness (QED) is 0.774. The van der Waals surface area contributed by atoms with E-state index in [2.05, 4.69) is 21.2 Å². The predicted molar refractivity (Wildman–Crippen MR) is 67.4 cm³/mol. The van der Waals surface area contributed by atoms with Crippen molar-refractivity contribution >= 4 is 21.8 Å². The Morgan fingerprint density at radius 1 is 1.25 bits per heavy atom. The van der Waals surface area contributed by atoms with E-state index in [0.29, 0.717) is 17.2 Å². The Bertz CT molecular complexity index is 290. The average molecular weight is 286 g/mol. The van der Waals surface area contributed by atoms with Gasteiger partial charge in [-0.15, -0.1) is 0 Å². The summed E-state index contributed by atoms with van der Waals surface area (Å²) >= 11 is 3.50. The van der Waals surface area contributed by atoms with E-state index >= 15 is 0 Å². The first kappa shape index (κ1) is 11.1. The van der Waals surface area contributed by atoms with E-state index < -0.39 is 0 Å². The summed E-state index contributed by atoms with van der Waals surface area (Å²) in [5.41, 5.74) is 0.459. The smallest absolute Gasteiger partial charge is 0.223 e. The molecular weight excluding hydrogens is 266 g/mol. The van der Waals surface area contributed by atoms with Crippen LogP contribution in [-0.4, -0.2) is 17.8 Å². The van der Waals surface area contributed by atoms with Crippen LogP contribution >= 0.6 is 15.9 Å². The fourth-order valence-corrected chi connectivity index (χ4v) is 4.08. The number of carbonyl (C=O) groups is 1. The van der Waals surface area contributed by atoms with Crippen molar-refractivity contribution in [1.29, 1.82) is 0 Å². The van der Waals surface area contributed by atoms with Crippen LogP contribution in [-0.2, 0) is 4.79 Å². The fourth-order valence-electron chi connectivity index (χ4n) is 3.24. The number of halogens is 1. The van der Waals surface area contributed by atoms with Crippen LogP contribution in [0.3, 0.4) is 0 Å². The Hall–Kier alpha value is -0.0500. The number of rotatable bonds is 5. The van der Waals surface area contributed by atoms with Gasteiger partial charge in [0.2, 0.25) is 5.91 Å². The molecule has 0 aromatic heterocycles. The van der Waals surface area contributed by atoms with E-state index in [-0.39, 0.29) is 0 Å². The maximum absolute atomic E-state index is 12.0. The van der Waals surface area contributed by atoms with Gasteiger partial charge in [0.15, 0.2) is 0 Å². The topological polar surface area (TPSA) is 29.1 Å². The van der Waals surface area contributed by atoms with E-state index in [9.17, 15) is 4.79 Å². The summed E-state index contributed by atoms with van der Waals surface area (Å²) in [5.74, 6) is 2.51. The van der Waals surface area contributed by atoms with E-state index in [1.807, 2.05) is 0 Å². The molecule has 0 aromatic rings. The molecule has 3 fully saturated rings. The Kier molecular flexibility index (Phi) is 2.77. The van der Waals surface area contributed by atoms with Gasteiger partial charge in [0.25, 0.3) is 0 Å². The molecule has 2 nitrogen and oxygen atoms in total. The lowest BCUT2D eigenvalue weighted by Gasteiger charge is -2.17.